The number of ether oxygens (including phenoxy) is 1. The van der Waals surface area contributed by atoms with Crippen LogP contribution >= 0.6 is 12.2 Å². The molecule has 28 heavy (non-hydrogen) atoms. The van der Waals surface area contributed by atoms with Crippen molar-refractivity contribution in [1.29, 1.82) is 0 Å². The van der Waals surface area contributed by atoms with Crippen LogP contribution in [0.15, 0.2) is 23.1 Å². The normalized spacial score (nSPS) is 14.9. The van der Waals surface area contributed by atoms with E-state index in [4.69, 9.17) is 17.0 Å². The van der Waals surface area contributed by atoms with Crippen molar-refractivity contribution in [2.24, 2.45) is 0 Å². The lowest BCUT2D eigenvalue weighted by atomic mass is 10.2. The van der Waals surface area contributed by atoms with Gasteiger partial charge in [0.2, 0.25) is 10.0 Å². The maximum Gasteiger partial charge on any atom is 0.243 e. The number of morpholine rings is 1. The number of rotatable bonds is 9. The predicted octanol–water partition coefficient (Wildman–Crippen LogP) is 2.64. The van der Waals surface area contributed by atoms with E-state index < -0.39 is 10.0 Å². The maximum atomic E-state index is 12.9. The second-order valence-electron chi connectivity index (χ2n) is 6.60. The molecule has 2 rings (SSSR count). The summed E-state index contributed by atoms with van der Waals surface area (Å²) < 4.78 is 32.8. The molecule has 0 radical (unpaired) electrons. The molecule has 1 heterocycles. The summed E-state index contributed by atoms with van der Waals surface area (Å²) in [6, 6.07) is 5.22. The van der Waals surface area contributed by atoms with Crippen LogP contribution in [0.1, 0.15) is 33.6 Å². The number of benzene rings is 1. The molecule has 0 spiro atoms. The minimum atomic E-state index is -3.54. The molecule has 1 aliphatic rings. The molecule has 1 aromatic rings. The van der Waals surface area contributed by atoms with Crippen molar-refractivity contribution >= 4 is 38.7 Å². The first-order valence-electron chi connectivity index (χ1n) is 9.95. The number of anilines is 2. The summed E-state index contributed by atoms with van der Waals surface area (Å²) in [5.41, 5.74) is 1.63. The SMILES string of the molecule is CCCCNC(=S)Nc1cc(S(=O)(=O)N(CC)CC)ccc1N1CCOCC1. The lowest BCUT2D eigenvalue weighted by Crippen LogP contribution is -2.37. The van der Waals surface area contributed by atoms with Crippen molar-refractivity contribution in [1.82, 2.24) is 9.62 Å². The van der Waals surface area contributed by atoms with Gasteiger partial charge < -0.3 is 20.3 Å². The summed E-state index contributed by atoms with van der Waals surface area (Å²) in [5.74, 6) is 0. The minimum Gasteiger partial charge on any atom is -0.378 e. The fourth-order valence-corrected chi connectivity index (χ4v) is 4.81. The molecule has 9 heteroatoms. The molecule has 0 aliphatic carbocycles. The molecule has 0 aromatic heterocycles. The topological polar surface area (TPSA) is 73.9 Å². The predicted molar refractivity (Wildman–Crippen MR) is 119 cm³/mol. The van der Waals surface area contributed by atoms with Gasteiger partial charge in [0.25, 0.3) is 0 Å². The molecule has 0 amide bonds. The Labute approximate surface area is 174 Å². The average molecular weight is 429 g/mol. The molecular formula is C19H32N4O3S2. The second kappa shape index (κ2) is 10.9. The van der Waals surface area contributed by atoms with Crippen LogP contribution in [0.2, 0.25) is 0 Å². The van der Waals surface area contributed by atoms with Gasteiger partial charge in [-0.25, -0.2) is 8.42 Å². The molecule has 0 atom stereocenters. The minimum absolute atomic E-state index is 0.270. The van der Waals surface area contributed by atoms with Crippen LogP contribution < -0.4 is 15.5 Å². The zero-order chi connectivity index (χ0) is 20.6. The molecule has 2 N–H and O–H groups in total. The second-order valence-corrected chi connectivity index (χ2v) is 8.95. The molecule has 158 valence electrons. The smallest absolute Gasteiger partial charge is 0.243 e. The van der Waals surface area contributed by atoms with Gasteiger partial charge in [0.15, 0.2) is 5.11 Å². The lowest BCUT2D eigenvalue weighted by Gasteiger charge is -2.31. The number of unbranched alkanes of at least 4 members (excludes halogenated alkanes) is 1. The van der Waals surface area contributed by atoms with E-state index in [1.807, 2.05) is 19.9 Å². The highest BCUT2D eigenvalue weighted by Crippen LogP contribution is 2.31. The third-order valence-corrected chi connectivity index (χ3v) is 7.02. The third kappa shape index (κ3) is 5.79. The first kappa shape index (κ1) is 22.9. The Balaban J connectivity index is 2.34. The molecule has 0 bridgehead atoms. The van der Waals surface area contributed by atoms with Gasteiger partial charge in [0, 0.05) is 32.7 Å². The van der Waals surface area contributed by atoms with Gasteiger partial charge in [-0.3, -0.25) is 0 Å². The Morgan fingerprint density at radius 3 is 2.50 bits per heavy atom. The molecule has 7 nitrogen and oxygen atoms in total. The number of nitrogens with zero attached hydrogens (tertiary/aromatic N) is 2. The molecule has 0 unspecified atom stereocenters. The zero-order valence-electron chi connectivity index (χ0n) is 17.0. The molecule has 1 fully saturated rings. The van der Waals surface area contributed by atoms with Crippen molar-refractivity contribution in [2.45, 2.75) is 38.5 Å². The van der Waals surface area contributed by atoms with Gasteiger partial charge in [-0.2, -0.15) is 4.31 Å². The summed E-state index contributed by atoms with van der Waals surface area (Å²) in [6.45, 7) is 10.3. The van der Waals surface area contributed by atoms with Gasteiger partial charge in [-0.1, -0.05) is 27.2 Å². The van der Waals surface area contributed by atoms with E-state index in [0.29, 0.717) is 37.1 Å². The third-order valence-electron chi connectivity index (χ3n) is 4.73. The Kier molecular flexibility index (Phi) is 8.94. The summed E-state index contributed by atoms with van der Waals surface area (Å²) in [5, 5.41) is 6.89. The number of nitrogens with one attached hydrogen (secondary N) is 2. The van der Waals surface area contributed by atoms with Gasteiger partial charge in [0.05, 0.1) is 29.5 Å². The highest BCUT2D eigenvalue weighted by atomic mass is 32.2. The Morgan fingerprint density at radius 2 is 1.89 bits per heavy atom. The van der Waals surface area contributed by atoms with E-state index in [-0.39, 0.29) is 4.90 Å². The summed E-state index contributed by atoms with van der Waals surface area (Å²) in [4.78, 5) is 2.46. The van der Waals surface area contributed by atoms with Crippen LogP contribution in [-0.4, -0.2) is 63.8 Å². The number of hydrogen-bond acceptors (Lipinski definition) is 5. The number of sulfonamides is 1. The number of thiocarbonyl (C=S) groups is 1. The molecule has 1 aliphatic heterocycles. The molecular weight excluding hydrogens is 396 g/mol. The van der Waals surface area contributed by atoms with Crippen LogP contribution in [0.25, 0.3) is 0 Å². The van der Waals surface area contributed by atoms with Gasteiger partial charge in [0.1, 0.15) is 0 Å². The summed E-state index contributed by atoms with van der Waals surface area (Å²) in [7, 11) is -3.54. The Morgan fingerprint density at radius 1 is 1.21 bits per heavy atom. The van der Waals surface area contributed by atoms with E-state index in [0.717, 1.165) is 38.2 Å². The van der Waals surface area contributed by atoms with Crippen molar-refractivity contribution in [3.8, 4) is 0 Å². The fourth-order valence-electron chi connectivity index (χ4n) is 3.11. The Bertz CT molecular complexity index is 746. The Hall–Kier alpha value is -1.42. The first-order chi connectivity index (χ1) is 13.4. The highest BCUT2D eigenvalue weighted by Gasteiger charge is 2.24. The van der Waals surface area contributed by atoms with E-state index in [1.54, 1.807) is 12.1 Å². The monoisotopic (exact) mass is 428 g/mol. The highest BCUT2D eigenvalue weighted by molar-refractivity contribution is 7.89. The molecule has 1 saturated heterocycles. The summed E-state index contributed by atoms with van der Waals surface area (Å²) in [6.07, 6.45) is 2.10. The van der Waals surface area contributed by atoms with Crippen molar-refractivity contribution in [3.63, 3.8) is 0 Å². The standard InChI is InChI=1S/C19H32N4O3S2/c1-4-7-10-20-19(27)21-17-15-16(28(24,25)23(5-2)6-3)8-9-18(17)22-11-13-26-14-12-22/h8-9,15H,4-7,10-14H2,1-3H3,(H2,20,21,27). The summed E-state index contributed by atoms with van der Waals surface area (Å²) >= 11 is 5.42. The van der Waals surface area contributed by atoms with Crippen LogP contribution in [0.3, 0.4) is 0 Å². The van der Waals surface area contributed by atoms with Crippen LogP contribution in [-0.2, 0) is 14.8 Å². The quantitative estimate of drug-likeness (QED) is 0.463. The average Bonchev–Trinajstić information content (AvgIpc) is 2.69. The maximum absolute atomic E-state index is 12.9. The fraction of sp³-hybridized carbons (Fsp3) is 0.632. The van der Waals surface area contributed by atoms with E-state index in [9.17, 15) is 8.42 Å². The first-order valence-corrected chi connectivity index (χ1v) is 11.8. The van der Waals surface area contributed by atoms with E-state index >= 15 is 0 Å². The van der Waals surface area contributed by atoms with Crippen LogP contribution in [0, 0.1) is 0 Å². The van der Waals surface area contributed by atoms with Gasteiger partial charge in [-0.15, -0.1) is 0 Å². The van der Waals surface area contributed by atoms with Crippen LogP contribution in [0.5, 0.6) is 0 Å². The van der Waals surface area contributed by atoms with Crippen LogP contribution in [0.4, 0.5) is 11.4 Å². The van der Waals surface area contributed by atoms with Gasteiger partial charge in [-0.05, 0) is 36.8 Å². The molecule has 1 aromatic carbocycles. The van der Waals surface area contributed by atoms with Crippen molar-refractivity contribution in [3.05, 3.63) is 18.2 Å². The van der Waals surface area contributed by atoms with E-state index in [1.165, 1.54) is 4.31 Å². The van der Waals surface area contributed by atoms with Crippen molar-refractivity contribution < 1.29 is 13.2 Å². The largest absolute Gasteiger partial charge is 0.378 e. The van der Waals surface area contributed by atoms with Crippen molar-refractivity contribution in [2.75, 3.05) is 56.2 Å². The van der Waals surface area contributed by atoms with Gasteiger partial charge >= 0.3 is 0 Å². The lowest BCUT2D eigenvalue weighted by molar-refractivity contribution is 0.123. The zero-order valence-corrected chi connectivity index (χ0v) is 18.7. The van der Waals surface area contributed by atoms with E-state index in [2.05, 4.69) is 22.5 Å². The number of hydrogen-bond donors (Lipinski definition) is 2. The molecule has 0 saturated carbocycles.